The predicted octanol–water partition coefficient (Wildman–Crippen LogP) is 5.80. The van der Waals surface area contributed by atoms with Crippen LogP contribution in [0, 0.1) is 6.92 Å². The van der Waals surface area contributed by atoms with Crippen LogP contribution in [0.4, 0.5) is 0 Å². The van der Waals surface area contributed by atoms with Gasteiger partial charge in [-0.15, -0.1) is 10.2 Å². The molecule has 0 unspecified atom stereocenters. The Labute approximate surface area is 170 Å². The maximum atomic E-state index is 5.28. The molecule has 4 rings (SSSR count). The van der Waals surface area contributed by atoms with Crippen molar-refractivity contribution < 1.29 is 9.47 Å². The SMILES string of the molecule is COc1ccc(-c2cc(-c3ccc(C)cc3)c(-c3ccc(OC)cc3)nn2)cc1. The van der Waals surface area contributed by atoms with E-state index in [0.717, 1.165) is 45.1 Å². The van der Waals surface area contributed by atoms with Gasteiger partial charge in [0.2, 0.25) is 0 Å². The van der Waals surface area contributed by atoms with Gasteiger partial charge in [0.1, 0.15) is 17.2 Å². The highest BCUT2D eigenvalue weighted by molar-refractivity contribution is 5.83. The number of hydrogen-bond acceptors (Lipinski definition) is 4. The van der Waals surface area contributed by atoms with E-state index in [0.29, 0.717) is 0 Å². The van der Waals surface area contributed by atoms with E-state index in [2.05, 4.69) is 47.5 Å². The molecule has 0 amide bonds. The van der Waals surface area contributed by atoms with Crippen LogP contribution in [0.1, 0.15) is 5.56 Å². The Morgan fingerprint density at radius 1 is 0.586 bits per heavy atom. The summed E-state index contributed by atoms with van der Waals surface area (Å²) < 4.78 is 10.5. The van der Waals surface area contributed by atoms with Crippen LogP contribution in [0.2, 0.25) is 0 Å². The number of methoxy groups -OCH3 is 2. The second kappa shape index (κ2) is 8.15. The van der Waals surface area contributed by atoms with Crippen molar-refractivity contribution in [2.24, 2.45) is 0 Å². The zero-order valence-electron chi connectivity index (χ0n) is 16.7. The third-order valence-corrected chi connectivity index (χ3v) is 4.91. The van der Waals surface area contributed by atoms with Crippen LogP contribution in [0.3, 0.4) is 0 Å². The minimum absolute atomic E-state index is 0.813. The monoisotopic (exact) mass is 382 g/mol. The quantitative estimate of drug-likeness (QED) is 0.437. The Balaban J connectivity index is 1.84. The van der Waals surface area contributed by atoms with Crippen LogP contribution < -0.4 is 9.47 Å². The normalized spacial score (nSPS) is 10.6. The maximum Gasteiger partial charge on any atom is 0.118 e. The van der Waals surface area contributed by atoms with E-state index < -0.39 is 0 Å². The van der Waals surface area contributed by atoms with Crippen molar-refractivity contribution >= 4 is 0 Å². The molecule has 4 nitrogen and oxygen atoms in total. The molecule has 0 spiro atoms. The molecule has 0 atom stereocenters. The highest BCUT2D eigenvalue weighted by Crippen LogP contribution is 2.34. The zero-order chi connectivity index (χ0) is 20.2. The molecule has 29 heavy (non-hydrogen) atoms. The Morgan fingerprint density at radius 2 is 1.10 bits per heavy atom. The number of aromatic nitrogens is 2. The average Bonchev–Trinajstić information content (AvgIpc) is 2.79. The molecule has 0 saturated heterocycles. The van der Waals surface area contributed by atoms with Gasteiger partial charge >= 0.3 is 0 Å². The summed E-state index contributed by atoms with van der Waals surface area (Å²) in [5.74, 6) is 1.63. The highest BCUT2D eigenvalue weighted by atomic mass is 16.5. The molecule has 0 saturated carbocycles. The van der Waals surface area contributed by atoms with Gasteiger partial charge < -0.3 is 9.47 Å². The summed E-state index contributed by atoms with van der Waals surface area (Å²) in [5, 5.41) is 9.11. The van der Waals surface area contributed by atoms with E-state index in [1.807, 2.05) is 48.5 Å². The molecule has 1 aromatic heterocycles. The minimum atomic E-state index is 0.813. The van der Waals surface area contributed by atoms with Crippen LogP contribution in [0.5, 0.6) is 11.5 Å². The number of rotatable bonds is 5. The summed E-state index contributed by atoms with van der Waals surface area (Å²) in [6.45, 7) is 2.09. The second-order valence-corrected chi connectivity index (χ2v) is 6.81. The zero-order valence-corrected chi connectivity index (χ0v) is 16.7. The molecule has 4 aromatic rings. The Kier molecular flexibility index (Phi) is 5.25. The van der Waals surface area contributed by atoms with Gasteiger partial charge in [-0.2, -0.15) is 0 Å². The van der Waals surface area contributed by atoms with Gasteiger partial charge in [-0.05, 0) is 67.1 Å². The lowest BCUT2D eigenvalue weighted by molar-refractivity contribution is 0.414. The minimum Gasteiger partial charge on any atom is -0.497 e. The van der Waals surface area contributed by atoms with E-state index in [1.54, 1.807) is 14.2 Å². The third kappa shape index (κ3) is 3.97. The smallest absolute Gasteiger partial charge is 0.118 e. The fourth-order valence-electron chi connectivity index (χ4n) is 3.21. The fourth-order valence-corrected chi connectivity index (χ4v) is 3.21. The molecule has 4 heteroatoms. The van der Waals surface area contributed by atoms with Gasteiger partial charge in [-0.1, -0.05) is 29.8 Å². The Morgan fingerprint density at radius 3 is 1.66 bits per heavy atom. The Bertz CT molecular complexity index is 1100. The molecular formula is C25H22N2O2. The van der Waals surface area contributed by atoms with E-state index in [-0.39, 0.29) is 0 Å². The lowest BCUT2D eigenvalue weighted by Crippen LogP contribution is -1.96. The van der Waals surface area contributed by atoms with Crippen molar-refractivity contribution in [2.45, 2.75) is 6.92 Å². The van der Waals surface area contributed by atoms with Gasteiger partial charge in [0.25, 0.3) is 0 Å². The van der Waals surface area contributed by atoms with Crippen molar-refractivity contribution in [3.05, 3.63) is 84.4 Å². The van der Waals surface area contributed by atoms with Crippen molar-refractivity contribution in [3.63, 3.8) is 0 Å². The second-order valence-electron chi connectivity index (χ2n) is 6.81. The highest BCUT2D eigenvalue weighted by Gasteiger charge is 2.13. The van der Waals surface area contributed by atoms with Crippen molar-refractivity contribution in [3.8, 4) is 45.1 Å². The first kappa shape index (κ1) is 18.7. The summed E-state index contributed by atoms with van der Waals surface area (Å²) in [6.07, 6.45) is 0. The first-order valence-corrected chi connectivity index (χ1v) is 9.41. The number of hydrogen-bond donors (Lipinski definition) is 0. The average molecular weight is 382 g/mol. The van der Waals surface area contributed by atoms with Gasteiger partial charge in [-0.25, -0.2) is 0 Å². The van der Waals surface area contributed by atoms with Crippen molar-refractivity contribution in [1.29, 1.82) is 0 Å². The molecule has 0 radical (unpaired) electrons. The number of aryl methyl sites for hydroxylation is 1. The topological polar surface area (TPSA) is 44.2 Å². The first-order chi connectivity index (χ1) is 14.2. The lowest BCUT2D eigenvalue weighted by Gasteiger charge is -2.12. The summed E-state index contributed by atoms with van der Waals surface area (Å²) in [6, 6.07) is 26.3. The van der Waals surface area contributed by atoms with Crippen LogP contribution in [0.25, 0.3) is 33.6 Å². The van der Waals surface area contributed by atoms with Gasteiger partial charge in [0, 0.05) is 16.7 Å². The molecule has 3 aromatic carbocycles. The molecule has 0 fully saturated rings. The van der Waals surface area contributed by atoms with Gasteiger partial charge in [0.15, 0.2) is 0 Å². The number of nitrogens with zero attached hydrogens (tertiary/aromatic N) is 2. The van der Waals surface area contributed by atoms with E-state index >= 15 is 0 Å². The number of ether oxygens (including phenoxy) is 2. The largest absolute Gasteiger partial charge is 0.497 e. The van der Waals surface area contributed by atoms with Crippen molar-refractivity contribution in [1.82, 2.24) is 10.2 Å². The molecular weight excluding hydrogens is 360 g/mol. The van der Waals surface area contributed by atoms with E-state index in [1.165, 1.54) is 5.56 Å². The van der Waals surface area contributed by atoms with Crippen LogP contribution in [-0.2, 0) is 0 Å². The van der Waals surface area contributed by atoms with Gasteiger partial charge in [-0.3, -0.25) is 0 Å². The maximum absolute atomic E-state index is 5.28. The lowest BCUT2D eigenvalue weighted by atomic mass is 9.97. The van der Waals surface area contributed by atoms with Crippen molar-refractivity contribution in [2.75, 3.05) is 14.2 Å². The molecule has 0 aliphatic rings. The molecule has 1 heterocycles. The predicted molar refractivity (Wildman–Crippen MR) is 116 cm³/mol. The van der Waals surface area contributed by atoms with E-state index in [4.69, 9.17) is 9.47 Å². The van der Waals surface area contributed by atoms with E-state index in [9.17, 15) is 0 Å². The molecule has 0 N–H and O–H groups in total. The van der Waals surface area contributed by atoms with Gasteiger partial charge in [0.05, 0.1) is 19.9 Å². The molecule has 144 valence electrons. The summed E-state index contributed by atoms with van der Waals surface area (Å²) in [5.41, 5.74) is 7.01. The third-order valence-electron chi connectivity index (χ3n) is 4.91. The summed E-state index contributed by atoms with van der Waals surface area (Å²) in [4.78, 5) is 0. The summed E-state index contributed by atoms with van der Waals surface area (Å²) in [7, 11) is 3.32. The van der Waals surface area contributed by atoms with Crippen LogP contribution >= 0.6 is 0 Å². The first-order valence-electron chi connectivity index (χ1n) is 9.41. The fraction of sp³-hybridized carbons (Fsp3) is 0.120. The molecule has 0 bridgehead atoms. The standard InChI is InChI=1S/C25H22N2O2/c1-17-4-6-18(7-5-17)23-16-24(19-8-12-21(28-2)13-9-19)26-27-25(23)20-10-14-22(29-3)15-11-20/h4-16H,1-3H3. The van der Waals surface area contributed by atoms with Crippen LogP contribution in [0.15, 0.2) is 78.9 Å². The molecule has 0 aliphatic heterocycles. The van der Waals surface area contributed by atoms with Crippen LogP contribution in [-0.4, -0.2) is 24.4 Å². The number of benzene rings is 3. The Hall–Kier alpha value is -3.66. The summed E-state index contributed by atoms with van der Waals surface area (Å²) >= 11 is 0. The molecule has 0 aliphatic carbocycles.